The largest absolute Gasteiger partial charge is 0.489 e. The zero-order valence-corrected chi connectivity index (χ0v) is 15.1. The van der Waals surface area contributed by atoms with Crippen LogP contribution in [0.4, 0.5) is 0 Å². The van der Waals surface area contributed by atoms with E-state index in [0.29, 0.717) is 29.9 Å². The summed E-state index contributed by atoms with van der Waals surface area (Å²) in [6.45, 7) is 0.565. The van der Waals surface area contributed by atoms with Crippen LogP contribution >= 0.6 is 0 Å². The van der Waals surface area contributed by atoms with Crippen molar-refractivity contribution in [3.63, 3.8) is 0 Å². The van der Waals surface area contributed by atoms with Gasteiger partial charge in [0.15, 0.2) is 5.76 Å². The van der Waals surface area contributed by atoms with Crippen LogP contribution in [0.25, 0.3) is 11.0 Å². The Labute approximate surface area is 157 Å². The van der Waals surface area contributed by atoms with E-state index >= 15 is 0 Å². The Balaban J connectivity index is 1.73. The molecule has 0 atom stereocenters. The first-order valence-electron chi connectivity index (χ1n) is 8.72. The first kappa shape index (κ1) is 18.5. The number of benzene rings is 2. The summed E-state index contributed by atoms with van der Waals surface area (Å²) >= 11 is 0. The number of nitrogens with one attached hydrogen (secondary N) is 1. The highest BCUT2D eigenvalue weighted by molar-refractivity contribution is 5.99. The number of hydrogen-bond donors (Lipinski definition) is 1. The highest BCUT2D eigenvalue weighted by atomic mass is 16.5. The van der Waals surface area contributed by atoms with Gasteiger partial charge in [-0.1, -0.05) is 36.4 Å². The molecule has 2 aromatic carbocycles. The van der Waals surface area contributed by atoms with E-state index in [0.717, 1.165) is 5.39 Å². The summed E-state index contributed by atoms with van der Waals surface area (Å²) in [6.07, 6.45) is 0.745. The van der Waals surface area contributed by atoms with E-state index in [1.807, 2.05) is 54.6 Å². The van der Waals surface area contributed by atoms with E-state index < -0.39 is 0 Å². The van der Waals surface area contributed by atoms with Crippen LogP contribution in [0.2, 0.25) is 0 Å². The molecule has 27 heavy (non-hydrogen) atoms. The van der Waals surface area contributed by atoms with Gasteiger partial charge < -0.3 is 19.2 Å². The number of esters is 1. The van der Waals surface area contributed by atoms with E-state index in [1.165, 1.54) is 7.11 Å². The Kier molecular flexibility index (Phi) is 6.10. The summed E-state index contributed by atoms with van der Waals surface area (Å²) in [5.74, 6) is 0.310. The van der Waals surface area contributed by atoms with Crippen molar-refractivity contribution in [2.45, 2.75) is 19.4 Å². The van der Waals surface area contributed by atoms with Crippen LogP contribution in [-0.2, 0) is 16.1 Å². The van der Waals surface area contributed by atoms with Crippen molar-refractivity contribution in [1.82, 2.24) is 5.32 Å². The second-order valence-electron chi connectivity index (χ2n) is 5.94. The van der Waals surface area contributed by atoms with Crippen LogP contribution in [0.5, 0.6) is 5.75 Å². The number of rotatable bonds is 8. The third-order valence-electron chi connectivity index (χ3n) is 4.10. The van der Waals surface area contributed by atoms with Crippen molar-refractivity contribution >= 4 is 22.8 Å². The van der Waals surface area contributed by atoms with Crippen molar-refractivity contribution in [2.24, 2.45) is 0 Å². The van der Waals surface area contributed by atoms with Gasteiger partial charge in [-0.15, -0.1) is 0 Å². The lowest BCUT2D eigenvalue weighted by atomic mass is 10.1. The minimum Gasteiger partial charge on any atom is -0.489 e. The van der Waals surface area contributed by atoms with Gasteiger partial charge in [0, 0.05) is 23.9 Å². The van der Waals surface area contributed by atoms with Crippen LogP contribution in [0.15, 0.2) is 59.0 Å². The molecule has 3 rings (SSSR count). The molecule has 3 aromatic rings. The van der Waals surface area contributed by atoms with Gasteiger partial charge >= 0.3 is 5.97 Å². The molecule has 140 valence electrons. The minimum absolute atomic E-state index is 0.214. The molecule has 0 fully saturated rings. The number of furan rings is 1. The molecule has 1 heterocycles. The van der Waals surface area contributed by atoms with Crippen molar-refractivity contribution in [3.8, 4) is 5.75 Å². The molecule has 0 bridgehead atoms. The summed E-state index contributed by atoms with van der Waals surface area (Å²) in [4.78, 5) is 23.7. The zero-order valence-electron chi connectivity index (χ0n) is 15.1. The van der Waals surface area contributed by atoms with Gasteiger partial charge in [-0.05, 0) is 24.6 Å². The Morgan fingerprint density at radius 1 is 1.04 bits per heavy atom. The van der Waals surface area contributed by atoms with Gasteiger partial charge in [0.25, 0.3) is 5.91 Å². The van der Waals surface area contributed by atoms with Crippen LogP contribution in [0, 0.1) is 0 Å². The summed E-state index contributed by atoms with van der Waals surface area (Å²) in [7, 11) is 1.34. The van der Waals surface area contributed by atoms with Crippen LogP contribution in [0.1, 0.15) is 29.0 Å². The smallest absolute Gasteiger partial charge is 0.305 e. The predicted molar refractivity (Wildman–Crippen MR) is 101 cm³/mol. The average Bonchev–Trinajstić information content (AvgIpc) is 3.08. The molecule has 6 heteroatoms. The molecular formula is C21H21NO5. The maximum absolute atomic E-state index is 12.6. The molecule has 0 aliphatic rings. The lowest BCUT2D eigenvalue weighted by Gasteiger charge is -2.07. The monoisotopic (exact) mass is 367 g/mol. The Morgan fingerprint density at radius 2 is 1.78 bits per heavy atom. The fourth-order valence-corrected chi connectivity index (χ4v) is 2.71. The molecule has 0 aliphatic carbocycles. The maximum Gasteiger partial charge on any atom is 0.305 e. The molecule has 1 amide bonds. The summed E-state index contributed by atoms with van der Waals surface area (Å²) < 4.78 is 16.2. The number of carbonyl (C=O) groups is 2. The SMILES string of the molecule is COC(=O)CCCNC(=O)c1oc2ccccc2c1COc1ccccc1. The average molecular weight is 367 g/mol. The third kappa shape index (κ3) is 4.67. The molecule has 0 saturated carbocycles. The van der Waals surface area contributed by atoms with E-state index in [4.69, 9.17) is 9.15 Å². The quantitative estimate of drug-likeness (QED) is 0.485. The Morgan fingerprint density at radius 3 is 2.56 bits per heavy atom. The number of methoxy groups -OCH3 is 1. The second-order valence-corrected chi connectivity index (χ2v) is 5.94. The number of ether oxygens (including phenoxy) is 2. The van der Waals surface area contributed by atoms with Gasteiger partial charge in [-0.2, -0.15) is 0 Å². The molecule has 6 nitrogen and oxygen atoms in total. The van der Waals surface area contributed by atoms with E-state index in [-0.39, 0.29) is 30.7 Å². The molecule has 0 spiro atoms. The second kappa shape index (κ2) is 8.89. The van der Waals surface area contributed by atoms with Gasteiger partial charge in [0.2, 0.25) is 0 Å². The van der Waals surface area contributed by atoms with E-state index in [1.54, 1.807) is 0 Å². The molecule has 1 N–H and O–H groups in total. The van der Waals surface area contributed by atoms with Gasteiger partial charge in [0.05, 0.1) is 7.11 Å². The molecule has 1 aromatic heterocycles. The summed E-state index contributed by atoms with van der Waals surface area (Å²) in [5, 5.41) is 3.62. The lowest BCUT2D eigenvalue weighted by Crippen LogP contribution is -2.25. The van der Waals surface area contributed by atoms with Crippen molar-refractivity contribution in [3.05, 3.63) is 65.9 Å². The van der Waals surface area contributed by atoms with Crippen LogP contribution in [-0.4, -0.2) is 25.5 Å². The first-order chi connectivity index (χ1) is 13.2. The van der Waals surface area contributed by atoms with Crippen molar-refractivity contribution < 1.29 is 23.5 Å². The maximum atomic E-state index is 12.6. The molecule has 0 aliphatic heterocycles. The van der Waals surface area contributed by atoms with Gasteiger partial charge in [-0.25, -0.2) is 0 Å². The first-order valence-corrected chi connectivity index (χ1v) is 8.72. The standard InChI is InChI=1S/C21H21NO5/c1-25-19(23)12-7-13-22-21(24)20-17(14-26-15-8-3-2-4-9-15)16-10-5-6-11-18(16)27-20/h2-6,8-11H,7,12-14H2,1H3,(H,22,24). The highest BCUT2D eigenvalue weighted by Crippen LogP contribution is 2.27. The predicted octanol–water partition coefficient (Wildman–Crippen LogP) is 3.69. The molecule has 0 unspecified atom stereocenters. The molecular weight excluding hydrogens is 346 g/mol. The number of amides is 1. The van der Waals surface area contributed by atoms with Gasteiger partial charge in [0.1, 0.15) is 17.9 Å². The van der Waals surface area contributed by atoms with E-state index in [9.17, 15) is 9.59 Å². The third-order valence-corrected chi connectivity index (χ3v) is 4.10. The summed E-state index contributed by atoms with van der Waals surface area (Å²) in [6, 6.07) is 16.9. The lowest BCUT2D eigenvalue weighted by molar-refractivity contribution is -0.140. The summed E-state index contributed by atoms with van der Waals surface area (Å²) in [5.41, 5.74) is 1.32. The Hall–Kier alpha value is -3.28. The number of carbonyl (C=O) groups excluding carboxylic acids is 2. The highest BCUT2D eigenvalue weighted by Gasteiger charge is 2.20. The number of fused-ring (bicyclic) bond motifs is 1. The van der Waals surface area contributed by atoms with Crippen LogP contribution in [0.3, 0.4) is 0 Å². The fraction of sp³-hybridized carbons (Fsp3) is 0.238. The number of para-hydroxylation sites is 2. The Bertz CT molecular complexity index is 917. The van der Waals surface area contributed by atoms with Gasteiger partial charge in [-0.3, -0.25) is 9.59 Å². The topological polar surface area (TPSA) is 77.8 Å². The fourth-order valence-electron chi connectivity index (χ4n) is 2.71. The zero-order chi connectivity index (χ0) is 19.1. The van der Waals surface area contributed by atoms with E-state index in [2.05, 4.69) is 10.1 Å². The number of hydrogen-bond acceptors (Lipinski definition) is 5. The normalized spacial score (nSPS) is 10.6. The molecule has 0 radical (unpaired) electrons. The van der Waals surface area contributed by atoms with Crippen molar-refractivity contribution in [1.29, 1.82) is 0 Å². The van der Waals surface area contributed by atoms with Crippen molar-refractivity contribution in [2.75, 3.05) is 13.7 Å². The minimum atomic E-state index is -0.331. The van der Waals surface area contributed by atoms with Crippen LogP contribution < -0.4 is 10.1 Å². The molecule has 0 saturated heterocycles.